The summed E-state index contributed by atoms with van der Waals surface area (Å²) in [4.78, 5) is 2.43. The first-order valence-corrected chi connectivity index (χ1v) is 3.65. The summed E-state index contributed by atoms with van der Waals surface area (Å²) in [7, 11) is 0. The second-order valence-electron chi connectivity index (χ2n) is 2.59. The first-order valence-electron chi connectivity index (χ1n) is 3.65. The van der Waals surface area contributed by atoms with E-state index in [1.165, 1.54) is 25.3 Å². The third kappa shape index (κ3) is 1.79. The van der Waals surface area contributed by atoms with Crippen molar-refractivity contribution in [2.75, 3.05) is 19.6 Å². The van der Waals surface area contributed by atoms with Crippen molar-refractivity contribution in [1.82, 2.24) is 4.90 Å². The molecule has 2 N–H and O–H groups in total. The number of rotatable bonds is 1. The molecule has 0 bridgehead atoms. The standard InChI is InChI=1S/C7H14N2/c1-2-9-5-3-7(8)4-6-9/h8H,2-6H2,1H3/p+1. The molecule has 0 aliphatic carbocycles. The molecule has 0 unspecified atom stereocenters. The smallest absolute Gasteiger partial charge is 0.151 e. The number of hydrogen-bond acceptors (Lipinski definition) is 1. The van der Waals surface area contributed by atoms with Crippen LogP contribution in [0.25, 0.3) is 0 Å². The number of piperidine rings is 1. The molecular formula is C7H15N2+. The van der Waals surface area contributed by atoms with E-state index in [9.17, 15) is 0 Å². The fraction of sp³-hybridized carbons (Fsp3) is 0.857. The molecule has 0 radical (unpaired) electrons. The molecule has 9 heavy (non-hydrogen) atoms. The van der Waals surface area contributed by atoms with Crippen LogP contribution in [-0.4, -0.2) is 30.2 Å². The van der Waals surface area contributed by atoms with E-state index in [1.807, 2.05) is 0 Å². The molecule has 52 valence electrons. The lowest BCUT2D eigenvalue weighted by atomic mass is 10.1. The minimum absolute atomic E-state index is 1.10. The van der Waals surface area contributed by atoms with Crippen molar-refractivity contribution in [2.45, 2.75) is 19.8 Å². The van der Waals surface area contributed by atoms with Gasteiger partial charge in [-0.05, 0) is 6.54 Å². The lowest BCUT2D eigenvalue weighted by Crippen LogP contribution is -2.47. The van der Waals surface area contributed by atoms with Gasteiger partial charge < -0.3 is 4.90 Å². The minimum atomic E-state index is 1.10. The van der Waals surface area contributed by atoms with Gasteiger partial charge >= 0.3 is 0 Å². The molecule has 2 heteroatoms. The molecule has 0 aromatic rings. The van der Waals surface area contributed by atoms with Gasteiger partial charge in [-0.1, -0.05) is 6.92 Å². The molecule has 1 aliphatic heterocycles. The van der Waals surface area contributed by atoms with E-state index in [4.69, 9.17) is 5.41 Å². The van der Waals surface area contributed by atoms with Crippen LogP contribution >= 0.6 is 0 Å². The van der Waals surface area contributed by atoms with Crippen LogP contribution in [-0.2, 0) is 0 Å². The van der Waals surface area contributed by atoms with Crippen LogP contribution in [0, 0.1) is 0 Å². The minimum Gasteiger partial charge on any atom is -0.303 e. The Morgan fingerprint density at radius 1 is 1.44 bits per heavy atom. The summed E-state index contributed by atoms with van der Waals surface area (Å²) >= 11 is 0. The highest BCUT2D eigenvalue weighted by Crippen LogP contribution is 2.02. The van der Waals surface area contributed by atoms with Crippen LogP contribution in [0.1, 0.15) is 19.8 Å². The fourth-order valence-electron chi connectivity index (χ4n) is 1.16. The molecule has 0 atom stereocenters. The third-order valence-corrected chi connectivity index (χ3v) is 1.95. The molecule has 0 spiro atoms. The topological polar surface area (TPSA) is 28.8 Å². The molecule has 2 nitrogen and oxygen atoms in total. The molecule has 0 saturated carbocycles. The summed E-state index contributed by atoms with van der Waals surface area (Å²) in [6.07, 6.45) is 2.21. The summed E-state index contributed by atoms with van der Waals surface area (Å²) in [5.74, 6) is 0. The Kier molecular flexibility index (Phi) is 2.22. The Morgan fingerprint density at radius 2 is 2.00 bits per heavy atom. The molecule has 1 aliphatic rings. The Bertz CT molecular complexity index is 99.5. The van der Waals surface area contributed by atoms with E-state index in [2.05, 4.69) is 11.8 Å². The van der Waals surface area contributed by atoms with Crippen LogP contribution in [0.3, 0.4) is 0 Å². The second-order valence-corrected chi connectivity index (χ2v) is 2.59. The maximum absolute atomic E-state index is 5.64. The number of nitrogens with zero attached hydrogens (tertiary/aromatic N) is 1. The number of hydrogen-bond donors (Lipinski definition) is 1. The van der Waals surface area contributed by atoms with Gasteiger partial charge in [0.25, 0.3) is 0 Å². The summed E-state index contributed by atoms with van der Waals surface area (Å²) in [5.41, 5.74) is 1.18. The van der Waals surface area contributed by atoms with Gasteiger partial charge in [0, 0.05) is 25.9 Å². The maximum atomic E-state index is 5.64. The van der Waals surface area contributed by atoms with E-state index in [0.29, 0.717) is 0 Å². The fourth-order valence-corrected chi connectivity index (χ4v) is 1.16. The zero-order valence-electron chi connectivity index (χ0n) is 6.06. The van der Waals surface area contributed by atoms with E-state index in [1.54, 1.807) is 0 Å². The summed E-state index contributed by atoms with van der Waals surface area (Å²) in [5, 5.41) is 5.64. The molecular weight excluding hydrogens is 112 g/mol. The number of nitrogens with two attached hydrogens (primary N) is 1. The number of likely N-dealkylation sites (tertiary alicyclic amines) is 1. The lowest BCUT2D eigenvalue weighted by Gasteiger charge is -2.22. The second kappa shape index (κ2) is 2.97. The van der Waals surface area contributed by atoms with E-state index >= 15 is 0 Å². The van der Waals surface area contributed by atoms with Crippen molar-refractivity contribution in [3.8, 4) is 0 Å². The average molecular weight is 127 g/mol. The SMILES string of the molecule is CCN1CCC(=[NH2+])CC1. The molecule has 0 aromatic carbocycles. The zero-order valence-corrected chi connectivity index (χ0v) is 6.06. The molecule has 0 aromatic heterocycles. The van der Waals surface area contributed by atoms with Gasteiger partial charge in [-0.2, -0.15) is 0 Å². The highest BCUT2D eigenvalue weighted by Gasteiger charge is 2.14. The van der Waals surface area contributed by atoms with Gasteiger partial charge in [0.1, 0.15) is 0 Å². The molecule has 1 rings (SSSR count). The Balaban J connectivity index is 2.26. The van der Waals surface area contributed by atoms with Gasteiger partial charge in [0.2, 0.25) is 0 Å². The van der Waals surface area contributed by atoms with Crippen molar-refractivity contribution in [1.29, 1.82) is 0 Å². The quantitative estimate of drug-likeness (QED) is 0.496. The largest absolute Gasteiger partial charge is 0.303 e. The predicted octanol–water partition coefficient (Wildman–Crippen LogP) is -0.698. The Morgan fingerprint density at radius 3 is 2.44 bits per heavy atom. The van der Waals surface area contributed by atoms with Gasteiger partial charge in [-0.15, -0.1) is 0 Å². The highest BCUT2D eigenvalue weighted by molar-refractivity contribution is 5.79. The zero-order chi connectivity index (χ0) is 6.69. The van der Waals surface area contributed by atoms with E-state index < -0.39 is 0 Å². The van der Waals surface area contributed by atoms with Gasteiger partial charge in [-0.25, -0.2) is 0 Å². The first kappa shape index (κ1) is 6.75. The van der Waals surface area contributed by atoms with Crippen LogP contribution < -0.4 is 5.41 Å². The van der Waals surface area contributed by atoms with Crippen LogP contribution in [0.4, 0.5) is 0 Å². The van der Waals surface area contributed by atoms with Crippen molar-refractivity contribution in [3.63, 3.8) is 0 Å². The van der Waals surface area contributed by atoms with Crippen molar-refractivity contribution in [3.05, 3.63) is 0 Å². The van der Waals surface area contributed by atoms with Crippen LogP contribution in [0.2, 0.25) is 0 Å². The summed E-state index contributed by atoms with van der Waals surface area (Å²) in [6.45, 7) is 5.71. The van der Waals surface area contributed by atoms with E-state index in [-0.39, 0.29) is 0 Å². The van der Waals surface area contributed by atoms with Crippen molar-refractivity contribution >= 4 is 5.71 Å². The van der Waals surface area contributed by atoms with Crippen molar-refractivity contribution < 1.29 is 5.41 Å². The Hall–Kier alpha value is -0.370. The maximum Gasteiger partial charge on any atom is 0.151 e. The van der Waals surface area contributed by atoms with Gasteiger partial charge in [-0.3, -0.25) is 5.41 Å². The van der Waals surface area contributed by atoms with Gasteiger partial charge in [0.05, 0.1) is 0 Å². The normalized spacial score (nSPS) is 22.6. The lowest BCUT2D eigenvalue weighted by molar-refractivity contribution is -0.121. The predicted molar refractivity (Wildman–Crippen MR) is 38.3 cm³/mol. The van der Waals surface area contributed by atoms with Crippen LogP contribution in [0.5, 0.6) is 0 Å². The first-order chi connectivity index (χ1) is 4.33. The molecule has 1 saturated heterocycles. The van der Waals surface area contributed by atoms with Crippen LogP contribution in [0.15, 0.2) is 0 Å². The monoisotopic (exact) mass is 127 g/mol. The molecule has 1 fully saturated rings. The summed E-state index contributed by atoms with van der Waals surface area (Å²) < 4.78 is 0. The Labute approximate surface area is 56.4 Å². The van der Waals surface area contributed by atoms with Gasteiger partial charge in [0.15, 0.2) is 5.71 Å². The van der Waals surface area contributed by atoms with Crippen molar-refractivity contribution in [2.24, 2.45) is 0 Å². The molecule has 1 heterocycles. The summed E-state index contributed by atoms with van der Waals surface area (Å²) in [6, 6.07) is 0. The highest BCUT2D eigenvalue weighted by atomic mass is 15.1. The average Bonchev–Trinajstić information content (AvgIpc) is 1.90. The van der Waals surface area contributed by atoms with E-state index in [0.717, 1.165) is 12.8 Å². The molecule has 0 amide bonds. The third-order valence-electron chi connectivity index (χ3n) is 1.95.